The third-order valence-corrected chi connectivity index (χ3v) is 6.05. The predicted molar refractivity (Wildman–Crippen MR) is 129 cm³/mol. The molecule has 2 amide bonds. The molecule has 4 rings (SSSR count). The van der Waals surface area contributed by atoms with E-state index in [1.54, 1.807) is 13.8 Å². The number of rotatable bonds is 7. The molecule has 3 N–H and O–H groups in total. The van der Waals surface area contributed by atoms with E-state index in [-0.39, 0.29) is 24.1 Å². The maximum absolute atomic E-state index is 14.0. The van der Waals surface area contributed by atoms with Crippen molar-refractivity contribution >= 4 is 23.7 Å². The van der Waals surface area contributed by atoms with Gasteiger partial charge in [0.2, 0.25) is 5.91 Å². The number of hydrogen-bond acceptors (Lipinski definition) is 4. The highest BCUT2D eigenvalue weighted by Gasteiger charge is 2.31. The topological polar surface area (TPSA) is 105 Å². The van der Waals surface area contributed by atoms with Crippen LogP contribution in [0, 0.1) is 11.7 Å². The molecule has 0 radical (unpaired) electrons. The Morgan fingerprint density at radius 1 is 0.943 bits per heavy atom. The molecule has 1 atom stereocenters. The van der Waals surface area contributed by atoms with Crippen molar-refractivity contribution < 1.29 is 28.6 Å². The minimum Gasteiger partial charge on any atom is -0.478 e. The van der Waals surface area contributed by atoms with Gasteiger partial charge in [0, 0.05) is 5.92 Å². The number of carbonyl (C=O) groups excluding carboxylic acids is 2. The second kappa shape index (κ2) is 9.97. The zero-order valence-corrected chi connectivity index (χ0v) is 19.2. The first-order chi connectivity index (χ1) is 16.8. The lowest BCUT2D eigenvalue weighted by molar-refractivity contribution is -0.119. The molecule has 180 valence electrons. The number of carboxylic acids is 1. The number of alkyl carbamates (subject to hydrolysis) is 1. The average molecular weight is 477 g/mol. The predicted octanol–water partition coefficient (Wildman–Crippen LogP) is 5.03. The fourth-order valence-corrected chi connectivity index (χ4v) is 4.36. The highest BCUT2D eigenvalue weighted by molar-refractivity contribution is 6.03. The van der Waals surface area contributed by atoms with Crippen LogP contribution in [0.25, 0.3) is 11.1 Å². The standard InChI is InChI=1S/C27H25FN2O5/c1-15(2)24(25(31)29-22-13-7-12-21(28)23(22)26(32)33)30-27(34)35-14-20-18-10-5-3-8-16(18)17-9-4-6-11-19(17)20/h3-13,15,20,24H,14H2,1-2H3,(H,29,31)(H,30,34)(H,32,33). The number of benzene rings is 3. The molecular formula is C27H25FN2O5. The lowest BCUT2D eigenvalue weighted by atomic mass is 9.98. The van der Waals surface area contributed by atoms with Gasteiger partial charge in [-0.15, -0.1) is 0 Å². The van der Waals surface area contributed by atoms with Crippen LogP contribution in [0.3, 0.4) is 0 Å². The van der Waals surface area contributed by atoms with E-state index in [2.05, 4.69) is 10.6 Å². The summed E-state index contributed by atoms with van der Waals surface area (Å²) in [5.41, 5.74) is 3.48. The first-order valence-corrected chi connectivity index (χ1v) is 11.2. The number of carbonyl (C=O) groups is 3. The van der Waals surface area contributed by atoms with Gasteiger partial charge in [0.25, 0.3) is 0 Å². The maximum Gasteiger partial charge on any atom is 0.407 e. The third-order valence-electron chi connectivity index (χ3n) is 6.05. The van der Waals surface area contributed by atoms with Crippen LogP contribution in [0.5, 0.6) is 0 Å². The Labute approximate surface area is 201 Å². The van der Waals surface area contributed by atoms with E-state index >= 15 is 0 Å². The van der Waals surface area contributed by atoms with Crippen molar-refractivity contribution in [2.24, 2.45) is 5.92 Å². The van der Waals surface area contributed by atoms with Crippen molar-refractivity contribution in [2.75, 3.05) is 11.9 Å². The summed E-state index contributed by atoms with van der Waals surface area (Å²) in [6, 6.07) is 18.4. The molecule has 35 heavy (non-hydrogen) atoms. The summed E-state index contributed by atoms with van der Waals surface area (Å²) >= 11 is 0. The molecule has 0 aliphatic heterocycles. The molecule has 8 heteroatoms. The lowest BCUT2D eigenvalue weighted by Gasteiger charge is -2.22. The van der Waals surface area contributed by atoms with E-state index in [0.717, 1.165) is 28.3 Å². The fourth-order valence-electron chi connectivity index (χ4n) is 4.36. The van der Waals surface area contributed by atoms with Crippen LogP contribution >= 0.6 is 0 Å². The Morgan fingerprint density at radius 2 is 1.54 bits per heavy atom. The normalized spacial score (nSPS) is 13.0. The van der Waals surface area contributed by atoms with Gasteiger partial charge in [-0.1, -0.05) is 68.4 Å². The second-order valence-corrected chi connectivity index (χ2v) is 8.65. The first-order valence-electron chi connectivity index (χ1n) is 11.2. The summed E-state index contributed by atoms with van der Waals surface area (Å²) < 4.78 is 19.5. The van der Waals surface area contributed by atoms with Crippen molar-refractivity contribution in [2.45, 2.75) is 25.8 Å². The van der Waals surface area contributed by atoms with Gasteiger partial charge >= 0.3 is 12.1 Å². The van der Waals surface area contributed by atoms with Gasteiger partial charge in [-0.25, -0.2) is 14.0 Å². The van der Waals surface area contributed by atoms with E-state index in [9.17, 15) is 23.9 Å². The summed E-state index contributed by atoms with van der Waals surface area (Å²) in [5.74, 6) is -3.64. The van der Waals surface area contributed by atoms with Crippen LogP contribution in [-0.2, 0) is 9.53 Å². The van der Waals surface area contributed by atoms with Gasteiger partial charge in [0.15, 0.2) is 0 Å². The molecule has 0 spiro atoms. The van der Waals surface area contributed by atoms with Crippen LogP contribution in [0.2, 0.25) is 0 Å². The molecule has 7 nitrogen and oxygen atoms in total. The number of amides is 2. The van der Waals surface area contributed by atoms with Crippen LogP contribution in [0.15, 0.2) is 66.7 Å². The lowest BCUT2D eigenvalue weighted by Crippen LogP contribution is -2.47. The van der Waals surface area contributed by atoms with Gasteiger partial charge in [0.05, 0.1) is 5.69 Å². The summed E-state index contributed by atoms with van der Waals surface area (Å²) in [7, 11) is 0. The van der Waals surface area contributed by atoms with Crippen LogP contribution < -0.4 is 10.6 Å². The minimum atomic E-state index is -1.51. The molecular weight excluding hydrogens is 451 g/mol. The first kappa shape index (κ1) is 23.9. The smallest absolute Gasteiger partial charge is 0.407 e. The number of hydrogen-bond donors (Lipinski definition) is 3. The Morgan fingerprint density at radius 3 is 2.11 bits per heavy atom. The van der Waals surface area contributed by atoms with E-state index < -0.39 is 35.4 Å². The number of nitrogens with one attached hydrogen (secondary N) is 2. The van der Waals surface area contributed by atoms with Crippen LogP contribution in [-0.4, -0.2) is 35.7 Å². The molecule has 1 aliphatic rings. The largest absolute Gasteiger partial charge is 0.478 e. The SMILES string of the molecule is CC(C)C(NC(=O)OCC1c2ccccc2-c2ccccc21)C(=O)Nc1cccc(F)c1C(=O)O. The fraction of sp³-hybridized carbons (Fsp3) is 0.222. The third kappa shape index (κ3) is 4.87. The summed E-state index contributed by atoms with van der Waals surface area (Å²) in [6.07, 6.45) is -0.779. The average Bonchev–Trinajstić information content (AvgIpc) is 3.14. The molecule has 3 aromatic rings. The monoisotopic (exact) mass is 476 g/mol. The number of ether oxygens (including phenoxy) is 1. The Hall–Kier alpha value is -4.20. The second-order valence-electron chi connectivity index (χ2n) is 8.65. The Kier molecular flexibility index (Phi) is 6.82. The van der Waals surface area contributed by atoms with Crippen molar-refractivity contribution in [3.8, 4) is 11.1 Å². The number of carboxylic acid groups (broad SMARTS) is 1. The van der Waals surface area contributed by atoms with Crippen LogP contribution in [0.1, 0.15) is 41.3 Å². The number of halogens is 1. The number of anilines is 1. The Balaban J connectivity index is 1.45. The molecule has 1 aliphatic carbocycles. The van der Waals surface area contributed by atoms with Crippen LogP contribution in [0.4, 0.5) is 14.9 Å². The van der Waals surface area contributed by atoms with Gasteiger partial charge < -0.3 is 20.5 Å². The van der Waals surface area contributed by atoms with E-state index in [1.807, 2.05) is 48.5 Å². The Bertz CT molecular complexity index is 1240. The van der Waals surface area contributed by atoms with Crippen molar-refractivity contribution in [1.29, 1.82) is 0 Å². The zero-order chi connectivity index (χ0) is 25.1. The van der Waals surface area contributed by atoms with Crippen molar-refractivity contribution in [3.05, 3.63) is 89.2 Å². The molecule has 0 fully saturated rings. The van der Waals surface area contributed by atoms with Crippen molar-refractivity contribution in [1.82, 2.24) is 5.32 Å². The molecule has 3 aromatic carbocycles. The molecule has 0 heterocycles. The highest BCUT2D eigenvalue weighted by atomic mass is 19.1. The van der Waals surface area contributed by atoms with Gasteiger partial charge in [-0.2, -0.15) is 0 Å². The molecule has 0 saturated heterocycles. The summed E-state index contributed by atoms with van der Waals surface area (Å²) in [4.78, 5) is 36.9. The van der Waals surface area contributed by atoms with E-state index in [4.69, 9.17) is 4.74 Å². The zero-order valence-electron chi connectivity index (χ0n) is 19.2. The minimum absolute atomic E-state index is 0.0827. The van der Waals surface area contributed by atoms with E-state index in [1.165, 1.54) is 12.1 Å². The maximum atomic E-state index is 14.0. The van der Waals surface area contributed by atoms with E-state index in [0.29, 0.717) is 0 Å². The number of aromatic carboxylic acids is 1. The molecule has 0 aromatic heterocycles. The molecule has 0 saturated carbocycles. The van der Waals surface area contributed by atoms with Gasteiger partial charge in [0.1, 0.15) is 24.0 Å². The quantitative estimate of drug-likeness (QED) is 0.444. The molecule has 0 bridgehead atoms. The van der Waals surface area contributed by atoms with Crippen molar-refractivity contribution in [3.63, 3.8) is 0 Å². The highest BCUT2D eigenvalue weighted by Crippen LogP contribution is 2.44. The summed E-state index contributed by atoms with van der Waals surface area (Å²) in [6.45, 7) is 3.52. The summed E-state index contributed by atoms with van der Waals surface area (Å²) in [5, 5.41) is 14.3. The number of fused-ring (bicyclic) bond motifs is 3. The van der Waals surface area contributed by atoms with Gasteiger partial charge in [-0.3, -0.25) is 4.79 Å². The molecule has 1 unspecified atom stereocenters. The van der Waals surface area contributed by atoms with Gasteiger partial charge in [-0.05, 0) is 40.3 Å².